The van der Waals surface area contributed by atoms with E-state index in [1.807, 2.05) is 30.5 Å². The van der Waals surface area contributed by atoms with Crippen molar-refractivity contribution in [3.8, 4) is 0 Å². The Morgan fingerprint density at radius 3 is 2.97 bits per heavy atom. The fraction of sp³-hybridized carbons (Fsp3) is 0.320. The molecule has 0 aliphatic carbocycles. The molecule has 0 spiro atoms. The molecule has 1 fully saturated rings. The van der Waals surface area contributed by atoms with E-state index in [-0.39, 0.29) is 11.9 Å². The fourth-order valence-electron chi connectivity index (χ4n) is 3.62. The minimum atomic E-state index is -0.512. The lowest BCUT2D eigenvalue weighted by Gasteiger charge is -2.29. The van der Waals surface area contributed by atoms with Gasteiger partial charge >= 0.3 is 6.09 Å². The van der Waals surface area contributed by atoms with E-state index < -0.39 is 6.09 Å². The molecule has 4 rings (SSSR count). The van der Waals surface area contributed by atoms with Crippen molar-refractivity contribution in [1.29, 1.82) is 0 Å². The molecule has 1 amide bonds. The monoisotopic (exact) mass is 494 g/mol. The second-order valence-electron chi connectivity index (χ2n) is 7.96. The van der Waals surface area contributed by atoms with Gasteiger partial charge in [0, 0.05) is 49.5 Å². The molecular weight excluding hydrogens is 464 g/mol. The topological polar surface area (TPSA) is 104 Å². The van der Waals surface area contributed by atoms with Gasteiger partial charge in [0.1, 0.15) is 12.4 Å². The summed E-state index contributed by atoms with van der Waals surface area (Å²) < 4.78 is 10.5. The lowest BCUT2D eigenvalue weighted by Crippen LogP contribution is -2.36. The number of hydrogen-bond donors (Lipinski definition) is 3. The van der Waals surface area contributed by atoms with Crippen molar-refractivity contribution in [3.63, 3.8) is 0 Å². The summed E-state index contributed by atoms with van der Waals surface area (Å²) in [6.45, 7) is 9.51. The summed E-state index contributed by atoms with van der Waals surface area (Å²) >= 11 is 1.64. The van der Waals surface area contributed by atoms with Gasteiger partial charge in [0.25, 0.3) is 0 Å². The van der Waals surface area contributed by atoms with Crippen LogP contribution in [0.5, 0.6) is 0 Å². The number of pyridine rings is 1. The second kappa shape index (κ2) is 12.3. The molecule has 1 aromatic carbocycles. The quantitative estimate of drug-likeness (QED) is 0.272. The Morgan fingerprint density at radius 1 is 1.34 bits per heavy atom. The third-order valence-corrected chi connectivity index (χ3v) is 6.41. The van der Waals surface area contributed by atoms with Crippen LogP contribution >= 0.6 is 11.8 Å². The first-order valence-electron chi connectivity index (χ1n) is 11.5. The molecule has 1 unspecified atom stereocenters. The number of aromatic amines is 1. The molecule has 35 heavy (non-hydrogen) atoms. The zero-order valence-corrected chi connectivity index (χ0v) is 20.5. The number of nitrogens with one attached hydrogen (secondary N) is 3. The first-order chi connectivity index (χ1) is 17.1. The van der Waals surface area contributed by atoms with E-state index in [1.165, 1.54) is 6.08 Å². The van der Waals surface area contributed by atoms with Gasteiger partial charge in [-0.15, -0.1) is 0 Å². The van der Waals surface area contributed by atoms with Crippen molar-refractivity contribution in [1.82, 2.24) is 15.0 Å². The van der Waals surface area contributed by atoms with Gasteiger partial charge in [-0.1, -0.05) is 36.5 Å². The highest BCUT2D eigenvalue weighted by Crippen LogP contribution is 2.34. The van der Waals surface area contributed by atoms with Crippen molar-refractivity contribution >= 4 is 35.0 Å². The average molecular weight is 495 g/mol. The number of imidazole rings is 1. The largest absolute Gasteiger partial charge is 0.445 e. The summed E-state index contributed by atoms with van der Waals surface area (Å²) in [6.07, 6.45) is 4.59. The minimum Gasteiger partial charge on any atom is -0.445 e. The molecule has 3 aromatic rings. The maximum Gasteiger partial charge on any atom is 0.411 e. The fourth-order valence-corrected chi connectivity index (χ4v) is 4.46. The Balaban J connectivity index is 1.48. The van der Waals surface area contributed by atoms with Crippen LogP contribution in [-0.4, -0.2) is 54.0 Å². The third-order valence-electron chi connectivity index (χ3n) is 5.36. The molecule has 2 aromatic heterocycles. The van der Waals surface area contributed by atoms with E-state index in [0.29, 0.717) is 25.4 Å². The first kappa shape index (κ1) is 24.6. The van der Waals surface area contributed by atoms with Gasteiger partial charge in [0.15, 0.2) is 5.16 Å². The standard InChI is InChI=1S/C25H30N6O3S/c1-3-11-34-25(32)29-20-6-4-5-19(14-20)17-28-23-16-21(31-9-12-33-13-10-31)15-22(30-23)18(2)35-24-26-7-8-27-24/h3-8,14-16,18H,1,9-13,17H2,2H3,(H,26,27)(H,28,30)(H,29,32). The van der Waals surface area contributed by atoms with E-state index >= 15 is 0 Å². The van der Waals surface area contributed by atoms with Crippen LogP contribution in [0.25, 0.3) is 0 Å². The number of benzene rings is 1. The molecule has 10 heteroatoms. The molecule has 0 bridgehead atoms. The first-order valence-corrected chi connectivity index (χ1v) is 12.4. The number of aromatic nitrogens is 3. The molecule has 1 aliphatic rings. The number of morpholine rings is 1. The predicted octanol–water partition coefficient (Wildman–Crippen LogP) is 4.84. The SMILES string of the molecule is C=CCOC(=O)Nc1cccc(CNc2cc(N3CCOCC3)cc(C(C)Sc3ncc[nH]3)n2)c1. The van der Waals surface area contributed by atoms with Crippen molar-refractivity contribution in [3.05, 3.63) is 72.7 Å². The molecule has 1 atom stereocenters. The maximum absolute atomic E-state index is 11.8. The van der Waals surface area contributed by atoms with Crippen LogP contribution in [0.15, 0.2) is 66.6 Å². The molecule has 3 heterocycles. The molecule has 1 saturated heterocycles. The number of carbonyl (C=O) groups is 1. The smallest absolute Gasteiger partial charge is 0.411 e. The highest BCUT2D eigenvalue weighted by atomic mass is 32.2. The molecule has 184 valence electrons. The summed E-state index contributed by atoms with van der Waals surface area (Å²) in [5.41, 5.74) is 3.76. The Hall–Kier alpha value is -3.50. The van der Waals surface area contributed by atoms with Gasteiger partial charge in [-0.05, 0) is 30.7 Å². The number of hydrogen-bond acceptors (Lipinski definition) is 8. The zero-order valence-electron chi connectivity index (χ0n) is 19.7. The number of rotatable bonds is 10. The summed E-state index contributed by atoms with van der Waals surface area (Å²) in [4.78, 5) is 26.5. The van der Waals surface area contributed by atoms with E-state index in [4.69, 9.17) is 14.5 Å². The van der Waals surface area contributed by atoms with Gasteiger partial charge in [-0.2, -0.15) is 0 Å². The zero-order chi connectivity index (χ0) is 24.5. The molecule has 9 nitrogen and oxygen atoms in total. The van der Waals surface area contributed by atoms with Crippen LogP contribution in [-0.2, 0) is 16.0 Å². The van der Waals surface area contributed by atoms with Gasteiger partial charge in [0.2, 0.25) is 0 Å². The Kier molecular flexibility index (Phi) is 8.63. The van der Waals surface area contributed by atoms with Crippen molar-refractivity contribution in [2.24, 2.45) is 0 Å². The van der Waals surface area contributed by atoms with Crippen LogP contribution < -0.4 is 15.5 Å². The van der Waals surface area contributed by atoms with E-state index in [2.05, 4.69) is 51.1 Å². The lowest BCUT2D eigenvalue weighted by atomic mass is 10.2. The summed E-state index contributed by atoms with van der Waals surface area (Å²) in [5, 5.41) is 7.15. The van der Waals surface area contributed by atoms with E-state index in [0.717, 1.165) is 41.0 Å². The van der Waals surface area contributed by atoms with Crippen LogP contribution in [0, 0.1) is 0 Å². The Labute approximate surface area is 209 Å². The normalized spacial score (nSPS) is 14.3. The molecule has 0 saturated carbocycles. The van der Waals surface area contributed by atoms with Crippen molar-refractivity contribution in [2.45, 2.75) is 23.9 Å². The summed E-state index contributed by atoms with van der Waals surface area (Å²) in [7, 11) is 0. The van der Waals surface area contributed by atoms with Gasteiger partial charge < -0.3 is 24.7 Å². The molecular formula is C25H30N6O3S. The van der Waals surface area contributed by atoms with E-state index in [1.54, 1.807) is 18.0 Å². The number of amides is 1. The van der Waals surface area contributed by atoms with Gasteiger partial charge in [-0.3, -0.25) is 5.32 Å². The predicted molar refractivity (Wildman–Crippen MR) is 139 cm³/mol. The maximum atomic E-state index is 11.8. The lowest BCUT2D eigenvalue weighted by molar-refractivity contribution is 0.122. The summed E-state index contributed by atoms with van der Waals surface area (Å²) in [6, 6.07) is 11.8. The van der Waals surface area contributed by atoms with Crippen molar-refractivity contribution < 1.29 is 14.3 Å². The van der Waals surface area contributed by atoms with Crippen LogP contribution in [0.1, 0.15) is 23.4 Å². The number of ether oxygens (including phenoxy) is 2. The molecule has 0 radical (unpaired) electrons. The van der Waals surface area contributed by atoms with Crippen molar-refractivity contribution in [2.75, 3.05) is 48.4 Å². The minimum absolute atomic E-state index is 0.108. The average Bonchev–Trinajstić information content (AvgIpc) is 3.40. The van der Waals surface area contributed by atoms with Gasteiger partial charge in [0.05, 0.1) is 24.2 Å². The molecule has 3 N–H and O–H groups in total. The molecule has 1 aliphatic heterocycles. The Morgan fingerprint density at radius 2 is 2.20 bits per heavy atom. The van der Waals surface area contributed by atoms with Crippen LogP contribution in [0.2, 0.25) is 0 Å². The number of H-pyrrole nitrogens is 1. The number of carbonyl (C=O) groups excluding carboxylic acids is 1. The van der Waals surface area contributed by atoms with Crippen LogP contribution in [0.4, 0.5) is 22.0 Å². The highest BCUT2D eigenvalue weighted by Gasteiger charge is 2.17. The second-order valence-corrected chi connectivity index (χ2v) is 9.28. The van der Waals surface area contributed by atoms with E-state index in [9.17, 15) is 4.79 Å². The summed E-state index contributed by atoms with van der Waals surface area (Å²) in [5.74, 6) is 0.791. The number of nitrogens with zero attached hydrogens (tertiary/aromatic N) is 3. The Bertz CT molecular complexity index is 1120. The number of thioether (sulfide) groups is 1. The van der Waals surface area contributed by atoms with Gasteiger partial charge in [-0.25, -0.2) is 14.8 Å². The number of anilines is 3. The van der Waals surface area contributed by atoms with Crippen LogP contribution in [0.3, 0.4) is 0 Å². The third kappa shape index (κ3) is 7.24. The highest BCUT2D eigenvalue weighted by molar-refractivity contribution is 7.99.